The summed E-state index contributed by atoms with van der Waals surface area (Å²) in [6.07, 6.45) is -0.0539. The average Bonchev–Trinajstić information content (AvgIpc) is 2.66. The fraction of sp³-hybridized carbons (Fsp3) is 0.643. The maximum atomic E-state index is 13.0. The average molecular weight is 287 g/mol. The van der Waals surface area contributed by atoms with Crippen molar-refractivity contribution in [2.45, 2.75) is 38.8 Å². The van der Waals surface area contributed by atoms with Crippen molar-refractivity contribution in [3.8, 4) is 0 Å². The van der Waals surface area contributed by atoms with E-state index in [-0.39, 0.29) is 0 Å². The maximum absolute atomic E-state index is 13.0. The number of halogens is 3. The van der Waals surface area contributed by atoms with Crippen molar-refractivity contribution in [2.24, 2.45) is 0 Å². The highest BCUT2D eigenvalue weighted by Gasteiger charge is 2.32. The van der Waals surface area contributed by atoms with E-state index in [9.17, 15) is 13.2 Å². The summed E-state index contributed by atoms with van der Waals surface area (Å²) in [6, 6.07) is 2.23. The maximum Gasteiger partial charge on any atom is 0.416 e. The lowest BCUT2D eigenvalue weighted by molar-refractivity contribution is -0.137. The predicted octanol–water partition coefficient (Wildman–Crippen LogP) is 3.91. The molecule has 1 aliphatic heterocycles. The molecule has 1 aromatic rings. The molecule has 1 N–H and O–H groups in total. The van der Waals surface area contributed by atoms with Crippen molar-refractivity contribution >= 4 is 11.6 Å². The standard InChI is InChI=1S/C14H20F3N3/c1-2-18-12-9-11(14(15,16)17)10-13(19-12)20-7-5-3-4-6-8-20/h9-10H,2-8H2,1H3,(H,18,19). The highest BCUT2D eigenvalue weighted by Crippen LogP contribution is 2.33. The van der Waals surface area contributed by atoms with Crippen LogP contribution in [0.25, 0.3) is 0 Å². The minimum absolute atomic E-state index is 0.293. The van der Waals surface area contributed by atoms with Crippen LogP contribution in [0.1, 0.15) is 38.2 Å². The normalized spacial score (nSPS) is 16.9. The van der Waals surface area contributed by atoms with E-state index in [4.69, 9.17) is 0 Å². The van der Waals surface area contributed by atoms with Crippen LogP contribution in [-0.4, -0.2) is 24.6 Å². The second kappa shape index (κ2) is 6.33. The third kappa shape index (κ3) is 3.77. The van der Waals surface area contributed by atoms with E-state index >= 15 is 0 Å². The Balaban J connectivity index is 2.32. The number of rotatable bonds is 3. The first-order valence-corrected chi connectivity index (χ1v) is 7.09. The highest BCUT2D eigenvalue weighted by molar-refractivity contribution is 5.51. The number of hydrogen-bond acceptors (Lipinski definition) is 3. The molecular weight excluding hydrogens is 267 g/mol. The number of aromatic nitrogens is 1. The monoisotopic (exact) mass is 287 g/mol. The molecule has 112 valence electrons. The molecule has 0 bridgehead atoms. The third-order valence-corrected chi connectivity index (χ3v) is 3.43. The van der Waals surface area contributed by atoms with Gasteiger partial charge in [0.05, 0.1) is 5.56 Å². The molecule has 0 atom stereocenters. The van der Waals surface area contributed by atoms with Crippen LogP contribution in [-0.2, 0) is 6.18 Å². The number of pyridine rings is 1. The molecule has 1 saturated heterocycles. The summed E-state index contributed by atoms with van der Waals surface area (Å²) < 4.78 is 38.9. The molecule has 2 rings (SSSR count). The van der Waals surface area contributed by atoms with Crippen molar-refractivity contribution in [3.05, 3.63) is 17.7 Å². The van der Waals surface area contributed by atoms with Gasteiger partial charge >= 0.3 is 6.18 Å². The van der Waals surface area contributed by atoms with Crippen molar-refractivity contribution in [3.63, 3.8) is 0 Å². The fourth-order valence-corrected chi connectivity index (χ4v) is 2.41. The van der Waals surface area contributed by atoms with E-state index in [1.807, 2.05) is 11.8 Å². The molecule has 0 radical (unpaired) electrons. The van der Waals surface area contributed by atoms with Crippen LogP contribution in [0.2, 0.25) is 0 Å². The zero-order chi connectivity index (χ0) is 14.6. The van der Waals surface area contributed by atoms with Crippen molar-refractivity contribution in [1.29, 1.82) is 0 Å². The molecule has 0 saturated carbocycles. The molecule has 0 unspecified atom stereocenters. The van der Waals surface area contributed by atoms with Crippen molar-refractivity contribution < 1.29 is 13.2 Å². The van der Waals surface area contributed by atoms with Crippen LogP contribution in [0.15, 0.2) is 12.1 Å². The zero-order valence-electron chi connectivity index (χ0n) is 11.6. The summed E-state index contributed by atoms with van der Waals surface area (Å²) in [7, 11) is 0. The topological polar surface area (TPSA) is 28.2 Å². The minimum atomic E-state index is -4.34. The Hall–Kier alpha value is -1.46. The number of alkyl halides is 3. The Morgan fingerprint density at radius 3 is 2.35 bits per heavy atom. The van der Waals surface area contributed by atoms with E-state index in [0.29, 0.717) is 18.2 Å². The number of hydrogen-bond donors (Lipinski definition) is 1. The first-order valence-electron chi connectivity index (χ1n) is 7.09. The second-order valence-corrected chi connectivity index (χ2v) is 5.03. The quantitative estimate of drug-likeness (QED) is 0.913. The molecule has 2 heterocycles. The molecular formula is C14H20F3N3. The summed E-state index contributed by atoms with van der Waals surface area (Å²) in [5.74, 6) is 0.722. The van der Waals surface area contributed by atoms with Gasteiger partial charge in [-0.3, -0.25) is 0 Å². The lowest BCUT2D eigenvalue weighted by Crippen LogP contribution is -2.25. The van der Waals surface area contributed by atoms with Gasteiger partial charge in [-0.2, -0.15) is 13.2 Å². The molecule has 0 amide bonds. The number of nitrogens with zero attached hydrogens (tertiary/aromatic N) is 2. The van der Waals surface area contributed by atoms with Gasteiger partial charge in [-0.15, -0.1) is 0 Å². The summed E-state index contributed by atoms with van der Waals surface area (Å²) in [4.78, 5) is 6.28. The SMILES string of the molecule is CCNc1cc(C(F)(F)F)cc(N2CCCCCC2)n1. The van der Waals surface area contributed by atoms with Crippen LogP contribution in [0, 0.1) is 0 Å². The Kier molecular flexibility index (Phi) is 4.73. The van der Waals surface area contributed by atoms with E-state index < -0.39 is 11.7 Å². The van der Waals surface area contributed by atoms with Crippen LogP contribution in [0.5, 0.6) is 0 Å². The number of nitrogens with one attached hydrogen (secondary N) is 1. The molecule has 6 heteroatoms. The summed E-state index contributed by atoms with van der Waals surface area (Å²) >= 11 is 0. The Morgan fingerprint density at radius 1 is 1.15 bits per heavy atom. The Morgan fingerprint density at radius 2 is 1.80 bits per heavy atom. The molecule has 20 heavy (non-hydrogen) atoms. The van der Waals surface area contributed by atoms with Gasteiger partial charge in [-0.05, 0) is 31.9 Å². The van der Waals surface area contributed by atoms with Gasteiger partial charge in [0.25, 0.3) is 0 Å². The molecule has 0 spiro atoms. The van der Waals surface area contributed by atoms with E-state index in [0.717, 1.165) is 50.9 Å². The van der Waals surface area contributed by atoms with Crippen LogP contribution in [0.4, 0.5) is 24.8 Å². The molecule has 3 nitrogen and oxygen atoms in total. The van der Waals surface area contributed by atoms with E-state index in [1.54, 1.807) is 0 Å². The highest BCUT2D eigenvalue weighted by atomic mass is 19.4. The smallest absolute Gasteiger partial charge is 0.370 e. The van der Waals surface area contributed by atoms with Crippen LogP contribution in [0.3, 0.4) is 0 Å². The predicted molar refractivity (Wildman–Crippen MR) is 74.1 cm³/mol. The van der Waals surface area contributed by atoms with Crippen LogP contribution >= 0.6 is 0 Å². The van der Waals surface area contributed by atoms with E-state index in [1.165, 1.54) is 0 Å². The summed E-state index contributed by atoms with van der Waals surface area (Å²) in [5.41, 5.74) is -0.636. The molecule has 1 fully saturated rings. The van der Waals surface area contributed by atoms with Gasteiger partial charge < -0.3 is 10.2 Å². The summed E-state index contributed by atoms with van der Waals surface area (Å²) in [5, 5.41) is 2.88. The van der Waals surface area contributed by atoms with Gasteiger partial charge in [0, 0.05) is 19.6 Å². The first kappa shape index (κ1) is 14.9. The van der Waals surface area contributed by atoms with Gasteiger partial charge in [-0.1, -0.05) is 12.8 Å². The fourth-order valence-electron chi connectivity index (χ4n) is 2.41. The lowest BCUT2D eigenvalue weighted by atomic mass is 10.2. The Labute approximate surface area is 117 Å². The van der Waals surface area contributed by atoms with Crippen molar-refractivity contribution in [2.75, 3.05) is 29.9 Å². The second-order valence-electron chi connectivity index (χ2n) is 5.03. The van der Waals surface area contributed by atoms with Crippen LogP contribution < -0.4 is 10.2 Å². The summed E-state index contributed by atoms with van der Waals surface area (Å²) in [6.45, 7) is 3.95. The first-order chi connectivity index (χ1) is 9.50. The molecule has 1 aliphatic rings. The molecule has 1 aromatic heterocycles. The van der Waals surface area contributed by atoms with Gasteiger partial charge in [0.2, 0.25) is 0 Å². The third-order valence-electron chi connectivity index (χ3n) is 3.43. The van der Waals surface area contributed by atoms with Gasteiger partial charge in [-0.25, -0.2) is 4.98 Å². The molecule has 0 aromatic carbocycles. The minimum Gasteiger partial charge on any atom is -0.370 e. The van der Waals surface area contributed by atoms with E-state index in [2.05, 4.69) is 10.3 Å². The van der Waals surface area contributed by atoms with Gasteiger partial charge in [0.1, 0.15) is 11.6 Å². The largest absolute Gasteiger partial charge is 0.416 e. The van der Waals surface area contributed by atoms with Crippen molar-refractivity contribution in [1.82, 2.24) is 4.98 Å². The molecule has 0 aliphatic carbocycles. The zero-order valence-corrected chi connectivity index (χ0v) is 11.6. The number of anilines is 2. The van der Waals surface area contributed by atoms with Gasteiger partial charge in [0.15, 0.2) is 0 Å². The lowest BCUT2D eigenvalue weighted by Gasteiger charge is -2.23. The Bertz CT molecular complexity index is 438.